The fraction of sp³-hybridized carbons (Fsp3) is 0.364. The average molecular weight is 317 g/mol. The highest BCUT2D eigenvalue weighted by Gasteiger charge is 2.17. The number of carbonyl (C=O) groups is 1. The van der Waals surface area contributed by atoms with Gasteiger partial charge in [-0.3, -0.25) is 10.1 Å². The minimum Gasteiger partial charge on any atom is -0.465 e. The summed E-state index contributed by atoms with van der Waals surface area (Å²) >= 11 is 0. The van der Waals surface area contributed by atoms with Crippen LogP contribution in [0.25, 0.3) is 0 Å². The highest BCUT2D eigenvalue weighted by Crippen LogP contribution is 2.25. The van der Waals surface area contributed by atoms with Crippen LogP contribution in [0.4, 0.5) is 11.4 Å². The first-order valence-electron chi connectivity index (χ1n) is 5.85. The van der Waals surface area contributed by atoms with Gasteiger partial charge in [-0.15, -0.1) is 0 Å². The summed E-state index contributed by atoms with van der Waals surface area (Å²) in [5.41, 5.74) is 0.0348. The van der Waals surface area contributed by atoms with Crippen LogP contribution in [0.3, 0.4) is 0 Å². The molecule has 1 aromatic carbocycles. The summed E-state index contributed by atoms with van der Waals surface area (Å²) < 4.78 is 26.1. The fourth-order valence-corrected chi connectivity index (χ4v) is 2.12. The minimum absolute atomic E-state index is 0.109. The normalized spacial score (nSPS) is 11.0. The molecule has 0 saturated heterocycles. The second-order valence-electron chi connectivity index (χ2n) is 4.13. The summed E-state index contributed by atoms with van der Waals surface area (Å²) in [7, 11) is -2.38. The molecular weight excluding hydrogens is 302 g/mol. The number of anilines is 1. The number of hydrogen-bond donors (Lipinski definition) is 2. The Labute approximate surface area is 121 Å². The van der Waals surface area contributed by atoms with Crippen LogP contribution in [0.5, 0.6) is 0 Å². The maximum Gasteiger partial charge on any atom is 0.337 e. The Morgan fingerprint density at radius 1 is 1.48 bits per heavy atom. The molecule has 0 aliphatic heterocycles. The van der Waals surface area contributed by atoms with Gasteiger partial charge in [0.15, 0.2) is 0 Å². The zero-order valence-electron chi connectivity index (χ0n) is 11.2. The number of methoxy groups -OCH3 is 1. The van der Waals surface area contributed by atoms with Crippen molar-refractivity contribution in [2.75, 3.05) is 24.7 Å². The SMILES string of the molecule is COC(=O)c1ccc([N+](=O)[O-])c(NCCCS(N)(=O)=O)c1. The van der Waals surface area contributed by atoms with Crippen molar-refractivity contribution >= 4 is 27.4 Å². The highest BCUT2D eigenvalue weighted by atomic mass is 32.2. The van der Waals surface area contributed by atoms with Gasteiger partial charge in [-0.1, -0.05) is 0 Å². The number of nitrogens with one attached hydrogen (secondary N) is 1. The largest absolute Gasteiger partial charge is 0.465 e. The number of nitro benzene ring substituents is 1. The molecule has 21 heavy (non-hydrogen) atoms. The second-order valence-corrected chi connectivity index (χ2v) is 5.86. The molecule has 0 aliphatic rings. The molecule has 0 spiro atoms. The Morgan fingerprint density at radius 2 is 2.14 bits per heavy atom. The lowest BCUT2D eigenvalue weighted by Gasteiger charge is -2.08. The van der Waals surface area contributed by atoms with E-state index in [1.165, 1.54) is 25.3 Å². The fourth-order valence-electron chi connectivity index (χ4n) is 1.58. The monoisotopic (exact) mass is 317 g/mol. The van der Waals surface area contributed by atoms with Gasteiger partial charge in [0.25, 0.3) is 5.69 Å². The van der Waals surface area contributed by atoms with Crippen LogP contribution in [-0.2, 0) is 14.8 Å². The number of primary sulfonamides is 1. The molecule has 0 heterocycles. The van der Waals surface area contributed by atoms with Crippen LogP contribution in [0.1, 0.15) is 16.8 Å². The first-order valence-corrected chi connectivity index (χ1v) is 7.57. The summed E-state index contributed by atoms with van der Waals surface area (Å²) in [4.78, 5) is 21.7. The lowest BCUT2D eigenvalue weighted by molar-refractivity contribution is -0.384. The molecule has 1 rings (SSSR count). The summed E-state index contributed by atoms with van der Waals surface area (Å²) in [6.45, 7) is 0.155. The first kappa shape index (κ1) is 16.9. The van der Waals surface area contributed by atoms with E-state index >= 15 is 0 Å². The van der Waals surface area contributed by atoms with Gasteiger partial charge in [0.1, 0.15) is 5.69 Å². The first-order chi connectivity index (χ1) is 9.74. The van der Waals surface area contributed by atoms with E-state index in [9.17, 15) is 23.3 Å². The van der Waals surface area contributed by atoms with Crippen molar-refractivity contribution in [1.82, 2.24) is 0 Å². The number of rotatable bonds is 7. The number of esters is 1. The van der Waals surface area contributed by atoms with Gasteiger partial charge in [0.2, 0.25) is 10.0 Å². The predicted octanol–water partition coefficient (Wildman–Crippen LogP) is 0.472. The van der Waals surface area contributed by atoms with E-state index in [1.807, 2.05) is 0 Å². The van der Waals surface area contributed by atoms with Crippen molar-refractivity contribution in [2.24, 2.45) is 5.14 Å². The van der Waals surface area contributed by atoms with Crippen molar-refractivity contribution in [3.8, 4) is 0 Å². The predicted molar refractivity (Wildman–Crippen MR) is 75.5 cm³/mol. The molecule has 3 N–H and O–H groups in total. The number of nitrogens with two attached hydrogens (primary N) is 1. The van der Waals surface area contributed by atoms with Gasteiger partial charge >= 0.3 is 5.97 Å². The molecule has 9 nitrogen and oxygen atoms in total. The summed E-state index contributed by atoms with van der Waals surface area (Å²) in [5, 5.41) is 18.5. The molecular formula is C11H15N3O6S. The molecule has 1 aromatic rings. The molecule has 0 aliphatic carbocycles. The minimum atomic E-state index is -3.58. The standard InChI is InChI=1S/C11H15N3O6S/c1-20-11(15)8-3-4-10(14(16)17)9(7-8)13-5-2-6-21(12,18)19/h3-4,7,13H,2,5-6H2,1H3,(H2,12,18,19). The van der Waals surface area contributed by atoms with Crippen molar-refractivity contribution in [3.63, 3.8) is 0 Å². The van der Waals surface area contributed by atoms with Gasteiger partial charge in [0.05, 0.1) is 23.3 Å². The maximum absolute atomic E-state index is 11.4. The van der Waals surface area contributed by atoms with Crippen LogP contribution in [0.15, 0.2) is 18.2 Å². The summed E-state index contributed by atoms with van der Waals surface area (Å²) in [5.74, 6) is -0.873. The molecule has 0 bridgehead atoms. The van der Waals surface area contributed by atoms with E-state index < -0.39 is 20.9 Å². The number of carbonyl (C=O) groups excluding carboxylic acids is 1. The van der Waals surface area contributed by atoms with Gasteiger partial charge in [-0.05, 0) is 18.6 Å². The average Bonchev–Trinajstić information content (AvgIpc) is 2.41. The number of nitrogens with zero attached hydrogens (tertiary/aromatic N) is 1. The van der Waals surface area contributed by atoms with E-state index in [2.05, 4.69) is 10.1 Å². The number of benzene rings is 1. The van der Waals surface area contributed by atoms with Crippen LogP contribution in [0.2, 0.25) is 0 Å². The molecule has 0 atom stereocenters. The quantitative estimate of drug-likeness (QED) is 0.322. The number of hydrogen-bond acceptors (Lipinski definition) is 7. The zero-order valence-corrected chi connectivity index (χ0v) is 12.1. The number of nitro groups is 1. The van der Waals surface area contributed by atoms with Gasteiger partial charge in [0, 0.05) is 12.6 Å². The lowest BCUT2D eigenvalue weighted by atomic mass is 10.1. The molecule has 0 aromatic heterocycles. The topological polar surface area (TPSA) is 142 Å². The number of ether oxygens (including phenoxy) is 1. The Bertz CT molecular complexity index is 643. The molecule has 0 amide bonds. The second kappa shape index (κ2) is 6.99. The Balaban J connectivity index is 2.86. The lowest BCUT2D eigenvalue weighted by Crippen LogP contribution is -2.19. The van der Waals surface area contributed by atoms with Crippen molar-refractivity contribution in [2.45, 2.75) is 6.42 Å². The molecule has 0 radical (unpaired) electrons. The molecule has 0 unspecified atom stereocenters. The van der Waals surface area contributed by atoms with E-state index in [1.54, 1.807) is 0 Å². The summed E-state index contributed by atoms with van der Waals surface area (Å²) in [6, 6.07) is 3.73. The van der Waals surface area contributed by atoms with Gasteiger partial charge in [-0.2, -0.15) is 0 Å². The molecule has 10 heteroatoms. The third-order valence-electron chi connectivity index (χ3n) is 2.54. The highest BCUT2D eigenvalue weighted by molar-refractivity contribution is 7.89. The Kier molecular flexibility index (Phi) is 5.61. The molecule has 0 fully saturated rings. The van der Waals surface area contributed by atoms with E-state index in [0.717, 1.165) is 0 Å². The van der Waals surface area contributed by atoms with Crippen molar-refractivity contribution < 1.29 is 22.9 Å². The van der Waals surface area contributed by atoms with E-state index in [4.69, 9.17) is 5.14 Å². The zero-order chi connectivity index (χ0) is 16.0. The maximum atomic E-state index is 11.4. The van der Waals surface area contributed by atoms with Crippen molar-refractivity contribution in [1.29, 1.82) is 0 Å². The van der Waals surface area contributed by atoms with Crippen LogP contribution < -0.4 is 10.5 Å². The smallest absolute Gasteiger partial charge is 0.337 e. The van der Waals surface area contributed by atoms with Crippen LogP contribution in [0, 0.1) is 10.1 Å². The Morgan fingerprint density at radius 3 is 2.67 bits per heavy atom. The van der Waals surface area contributed by atoms with E-state index in [0.29, 0.717) is 0 Å². The summed E-state index contributed by atoms with van der Waals surface area (Å²) in [6.07, 6.45) is 0.179. The third kappa shape index (κ3) is 5.36. The van der Waals surface area contributed by atoms with Gasteiger partial charge in [-0.25, -0.2) is 18.4 Å². The van der Waals surface area contributed by atoms with Crippen LogP contribution >= 0.6 is 0 Å². The van der Waals surface area contributed by atoms with Gasteiger partial charge < -0.3 is 10.1 Å². The molecule has 0 saturated carbocycles. The van der Waals surface area contributed by atoms with Crippen molar-refractivity contribution in [3.05, 3.63) is 33.9 Å². The number of sulfonamides is 1. The Hall–Kier alpha value is -2.20. The van der Waals surface area contributed by atoms with E-state index in [-0.39, 0.29) is 35.7 Å². The third-order valence-corrected chi connectivity index (χ3v) is 3.39. The van der Waals surface area contributed by atoms with Crippen LogP contribution in [-0.4, -0.2) is 38.7 Å². The molecule has 116 valence electrons.